The lowest BCUT2D eigenvalue weighted by molar-refractivity contribution is 0.0934. The fourth-order valence-electron chi connectivity index (χ4n) is 3.43. The van der Waals surface area contributed by atoms with E-state index in [1.54, 1.807) is 13.1 Å². The molecule has 6 nitrogen and oxygen atoms in total. The third-order valence-electron chi connectivity index (χ3n) is 4.71. The van der Waals surface area contributed by atoms with Crippen molar-refractivity contribution in [3.05, 3.63) is 26.0 Å². The maximum Gasteiger partial charge on any atom is 0.261 e. The van der Waals surface area contributed by atoms with Crippen LogP contribution in [0.5, 0.6) is 0 Å². The van der Waals surface area contributed by atoms with Crippen LogP contribution in [-0.4, -0.2) is 30.6 Å². The Labute approximate surface area is 168 Å². The number of hydrogen-bond acceptors (Lipinski definition) is 6. The van der Waals surface area contributed by atoms with Crippen LogP contribution in [0.15, 0.2) is 11.2 Å². The lowest BCUT2D eigenvalue weighted by atomic mass is 9.85. The first-order valence-electron chi connectivity index (χ1n) is 8.77. The molecular formula is C17H27Cl2N5OS. The Morgan fingerprint density at radius 1 is 1.42 bits per heavy atom. The number of rotatable bonds is 7. The molecule has 7 N–H and O–H groups in total. The molecule has 1 heterocycles. The number of carbonyl (C=O) groups excluding carboxylic acids is 1. The van der Waals surface area contributed by atoms with Crippen molar-refractivity contribution in [2.75, 3.05) is 13.6 Å². The zero-order valence-electron chi connectivity index (χ0n) is 14.9. The summed E-state index contributed by atoms with van der Waals surface area (Å²) in [6.07, 6.45) is 7.19. The van der Waals surface area contributed by atoms with Gasteiger partial charge in [-0.15, -0.1) is 11.3 Å². The average molecular weight is 420 g/mol. The molecule has 1 atom stereocenters. The number of thiophene rings is 1. The number of nitrogens with one attached hydrogen (secondary N) is 1. The normalized spacial score (nSPS) is 17.6. The number of carbonyl (C=O) groups is 1. The third-order valence-corrected chi connectivity index (χ3v) is 6.24. The van der Waals surface area contributed by atoms with E-state index in [2.05, 4.69) is 5.32 Å². The molecule has 1 aromatic rings. The summed E-state index contributed by atoms with van der Waals surface area (Å²) in [5, 5.41) is 4.33. The van der Waals surface area contributed by atoms with Crippen LogP contribution in [0.3, 0.4) is 0 Å². The summed E-state index contributed by atoms with van der Waals surface area (Å²) in [4.78, 5) is 13.1. The second-order valence-electron chi connectivity index (χ2n) is 6.75. The van der Waals surface area contributed by atoms with Gasteiger partial charge in [0.2, 0.25) is 0 Å². The van der Waals surface area contributed by atoms with Crippen molar-refractivity contribution in [1.82, 2.24) is 10.3 Å². The van der Waals surface area contributed by atoms with Gasteiger partial charge in [-0.3, -0.25) is 4.79 Å². The van der Waals surface area contributed by atoms with Gasteiger partial charge in [0.25, 0.3) is 5.91 Å². The molecule has 1 saturated carbocycles. The molecule has 0 aromatic carbocycles. The lowest BCUT2D eigenvalue weighted by Crippen LogP contribution is -2.41. The summed E-state index contributed by atoms with van der Waals surface area (Å²) in [5.41, 5.74) is 12.5. The molecule has 1 fully saturated rings. The molecule has 26 heavy (non-hydrogen) atoms. The maximum absolute atomic E-state index is 12.6. The Kier molecular flexibility index (Phi) is 8.04. The van der Waals surface area contributed by atoms with Gasteiger partial charge in [-0.25, -0.2) is 5.84 Å². The van der Waals surface area contributed by atoms with Crippen LogP contribution in [0, 0.1) is 5.92 Å². The standard InChI is InChI=1S/C17H27Cl2N5OS/c1-24(22)14(15(18)21)12-8-13(26-16(12)19)17(25)23-11(9-20)7-10-5-3-2-4-6-10/h8,10-11H,2-7,9,20-22H2,1H3,(H,23,25)/b15-14-. The zero-order chi connectivity index (χ0) is 19.3. The molecule has 2 rings (SSSR count). The van der Waals surface area contributed by atoms with Gasteiger partial charge < -0.3 is 21.8 Å². The second kappa shape index (κ2) is 9.80. The summed E-state index contributed by atoms with van der Waals surface area (Å²) in [5.74, 6) is 6.21. The van der Waals surface area contributed by atoms with E-state index in [0.717, 1.165) is 6.42 Å². The van der Waals surface area contributed by atoms with E-state index < -0.39 is 0 Å². The predicted octanol–water partition coefficient (Wildman–Crippen LogP) is 3.06. The topological polar surface area (TPSA) is 110 Å². The van der Waals surface area contributed by atoms with E-state index in [-0.39, 0.29) is 17.1 Å². The molecule has 0 saturated heterocycles. The minimum Gasteiger partial charge on any atom is -0.388 e. The molecule has 1 aliphatic rings. The van der Waals surface area contributed by atoms with Crippen molar-refractivity contribution < 1.29 is 4.79 Å². The van der Waals surface area contributed by atoms with Crippen LogP contribution < -0.4 is 22.6 Å². The van der Waals surface area contributed by atoms with Crippen LogP contribution in [0.1, 0.15) is 53.8 Å². The highest BCUT2D eigenvalue weighted by Crippen LogP contribution is 2.35. The van der Waals surface area contributed by atoms with Crippen molar-refractivity contribution in [1.29, 1.82) is 0 Å². The number of hydrazine groups is 1. The van der Waals surface area contributed by atoms with Crippen LogP contribution in [0.4, 0.5) is 0 Å². The molecule has 146 valence electrons. The van der Waals surface area contributed by atoms with Crippen molar-refractivity contribution in [2.45, 2.75) is 44.6 Å². The first kappa shape index (κ1) is 21.3. The molecular weight excluding hydrogens is 393 g/mol. The molecule has 0 bridgehead atoms. The molecule has 0 radical (unpaired) electrons. The zero-order valence-corrected chi connectivity index (χ0v) is 17.3. The first-order chi connectivity index (χ1) is 12.3. The molecule has 0 aliphatic heterocycles. The predicted molar refractivity (Wildman–Crippen MR) is 110 cm³/mol. The molecule has 1 aliphatic carbocycles. The van der Waals surface area contributed by atoms with E-state index in [9.17, 15) is 4.79 Å². The molecule has 9 heteroatoms. The third kappa shape index (κ3) is 5.50. The van der Waals surface area contributed by atoms with E-state index in [1.807, 2.05) is 0 Å². The lowest BCUT2D eigenvalue weighted by Gasteiger charge is -2.26. The summed E-state index contributed by atoms with van der Waals surface area (Å²) < 4.78 is 0.405. The minimum absolute atomic E-state index is 0.0128. The quantitative estimate of drug-likeness (QED) is 0.308. The number of amides is 1. The minimum atomic E-state index is -0.193. The Balaban J connectivity index is 2.09. The Bertz CT molecular complexity index is 652. The monoisotopic (exact) mass is 419 g/mol. The fourth-order valence-corrected chi connectivity index (χ4v) is 4.84. The van der Waals surface area contributed by atoms with E-state index in [0.29, 0.717) is 32.9 Å². The SMILES string of the molecule is CN(N)/C(=C(\N)Cl)c1cc(C(=O)NC(CN)CC2CCCCC2)sc1Cl. The smallest absolute Gasteiger partial charge is 0.261 e. The largest absolute Gasteiger partial charge is 0.388 e. The van der Waals surface area contributed by atoms with Crippen molar-refractivity contribution in [2.24, 2.45) is 23.2 Å². The summed E-state index contributed by atoms with van der Waals surface area (Å²) in [6, 6.07) is 1.62. The van der Waals surface area contributed by atoms with Gasteiger partial charge in [0.05, 0.1) is 10.6 Å². The summed E-state index contributed by atoms with van der Waals surface area (Å²) in [7, 11) is 1.60. The van der Waals surface area contributed by atoms with Gasteiger partial charge >= 0.3 is 0 Å². The molecule has 1 unspecified atom stereocenters. The number of nitrogens with zero attached hydrogens (tertiary/aromatic N) is 1. The van der Waals surface area contributed by atoms with Gasteiger partial charge in [0.1, 0.15) is 9.49 Å². The molecule has 1 amide bonds. The fraction of sp³-hybridized carbons (Fsp3) is 0.588. The van der Waals surface area contributed by atoms with Gasteiger partial charge in [-0.1, -0.05) is 55.3 Å². The highest BCUT2D eigenvalue weighted by molar-refractivity contribution is 7.18. The van der Waals surface area contributed by atoms with Gasteiger partial charge in [-0.2, -0.15) is 0 Å². The van der Waals surface area contributed by atoms with E-state index in [4.69, 9.17) is 40.5 Å². The average Bonchev–Trinajstić information content (AvgIpc) is 2.96. The summed E-state index contributed by atoms with van der Waals surface area (Å²) >= 11 is 13.4. The van der Waals surface area contributed by atoms with Crippen LogP contribution in [0.2, 0.25) is 4.34 Å². The maximum atomic E-state index is 12.6. The highest BCUT2D eigenvalue weighted by Gasteiger charge is 2.23. The van der Waals surface area contributed by atoms with Crippen molar-refractivity contribution >= 4 is 46.1 Å². The van der Waals surface area contributed by atoms with Gasteiger partial charge in [0, 0.05) is 25.2 Å². The molecule has 1 aromatic heterocycles. The first-order valence-corrected chi connectivity index (χ1v) is 10.3. The highest BCUT2D eigenvalue weighted by atomic mass is 35.5. The Morgan fingerprint density at radius 2 is 2.08 bits per heavy atom. The van der Waals surface area contributed by atoms with Crippen molar-refractivity contribution in [3.63, 3.8) is 0 Å². The van der Waals surface area contributed by atoms with Gasteiger partial charge in [-0.05, 0) is 18.4 Å². The number of hydrogen-bond donors (Lipinski definition) is 4. The van der Waals surface area contributed by atoms with Crippen LogP contribution in [-0.2, 0) is 0 Å². The van der Waals surface area contributed by atoms with Crippen molar-refractivity contribution in [3.8, 4) is 0 Å². The Hall–Kier alpha value is -0.990. The van der Waals surface area contributed by atoms with E-state index in [1.165, 1.54) is 48.4 Å². The summed E-state index contributed by atoms with van der Waals surface area (Å²) in [6.45, 7) is 0.416. The second-order valence-corrected chi connectivity index (χ2v) is 8.81. The Morgan fingerprint density at radius 3 is 2.62 bits per heavy atom. The van der Waals surface area contributed by atoms with Crippen LogP contribution >= 0.6 is 34.5 Å². The van der Waals surface area contributed by atoms with Gasteiger partial charge in [0.15, 0.2) is 0 Å². The number of nitrogens with two attached hydrogens (primary N) is 3. The van der Waals surface area contributed by atoms with E-state index >= 15 is 0 Å². The molecule has 0 spiro atoms. The van der Waals surface area contributed by atoms with Crippen LogP contribution in [0.25, 0.3) is 5.70 Å². The number of halogens is 2.